The number of nitrogens with one attached hydrogen (secondary N) is 1. The van der Waals surface area contributed by atoms with Crippen LogP contribution in [0.15, 0.2) is 23.1 Å². The standard InChI is InChI=1S/C20H32N2O3S/c1-5-22(6-2)14-13-21-19(23)20(11-7-8-12-20)26(24,25)18-15-16(3)9-10-17(18)4/h9-10,15H,5-8,11-14H2,1-4H3,(H,21,23). The van der Waals surface area contributed by atoms with E-state index in [1.54, 1.807) is 13.0 Å². The summed E-state index contributed by atoms with van der Waals surface area (Å²) in [7, 11) is -3.74. The molecule has 1 aliphatic rings. The van der Waals surface area contributed by atoms with E-state index in [2.05, 4.69) is 24.1 Å². The molecular weight excluding hydrogens is 348 g/mol. The first-order valence-electron chi connectivity index (χ1n) is 9.61. The van der Waals surface area contributed by atoms with Crippen molar-refractivity contribution >= 4 is 15.7 Å². The Morgan fingerprint density at radius 3 is 2.35 bits per heavy atom. The average Bonchev–Trinajstić information content (AvgIpc) is 3.12. The number of nitrogens with zero attached hydrogens (tertiary/aromatic N) is 1. The van der Waals surface area contributed by atoms with Gasteiger partial charge in [-0.3, -0.25) is 4.79 Å². The van der Waals surface area contributed by atoms with Gasteiger partial charge in [-0.05, 0) is 57.0 Å². The Kier molecular flexibility index (Phi) is 6.86. The van der Waals surface area contributed by atoms with E-state index >= 15 is 0 Å². The van der Waals surface area contributed by atoms with Crippen molar-refractivity contribution in [1.29, 1.82) is 0 Å². The molecule has 26 heavy (non-hydrogen) atoms. The lowest BCUT2D eigenvalue weighted by Crippen LogP contribution is -2.52. The Balaban J connectivity index is 2.28. The number of carbonyl (C=O) groups is 1. The molecule has 0 radical (unpaired) electrons. The maximum absolute atomic E-state index is 13.5. The van der Waals surface area contributed by atoms with E-state index in [-0.39, 0.29) is 5.91 Å². The number of likely N-dealkylation sites (N-methyl/N-ethyl adjacent to an activating group) is 1. The lowest BCUT2D eigenvalue weighted by Gasteiger charge is -2.29. The monoisotopic (exact) mass is 380 g/mol. The van der Waals surface area contributed by atoms with E-state index < -0.39 is 14.6 Å². The molecule has 0 saturated heterocycles. The molecule has 5 nitrogen and oxygen atoms in total. The smallest absolute Gasteiger partial charge is 0.241 e. The minimum atomic E-state index is -3.74. The molecule has 6 heteroatoms. The van der Waals surface area contributed by atoms with Crippen LogP contribution in [0, 0.1) is 13.8 Å². The topological polar surface area (TPSA) is 66.5 Å². The molecule has 1 aromatic carbocycles. The molecule has 146 valence electrons. The van der Waals surface area contributed by atoms with Crippen molar-refractivity contribution in [2.24, 2.45) is 0 Å². The summed E-state index contributed by atoms with van der Waals surface area (Å²) < 4.78 is 25.7. The van der Waals surface area contributed by atoms with Gasteiger partial charge in [-0.2, -0.15) is 0 Å². The van der Waals surface area contributed by atoms with Gasteiger partial charge in [-0.25, -0.2) is 8.42 Å². The Bertz CT molecular complexity index is 733. The molecule has 1 N–H and O–H groups in total. The van der Waals surface area contributed by atoms with Crippen LogP contribution in [0.4, 0.5) is 0 Å². The fourth-order valence-corrected chi connectivity index (χ4v) is 6.20. The minimum Gasteiger partial charge on any atom is -0.353 e. The van der Waals surface area contributed by atoms with Crippen LogP contribution in [0.3, 0.4) is 0 Å². The molecule has 0 aromatic heterocycles. The average molecular weight is 381 g/mol. The summed E-state index contributed by atoms with van der Waals surface area (Å²) >= 11 is 0. The zero-order valence-electron chi connectivity index (χ0n) is 16.5. The molecule has 1 aliphatic carbocycles. The lowest BCUT2D eigenvalue weighted by atomic mass is 10.1. The maximum atomic E-state index is 13.5. The van der Waals surface area contributed by atoms with E-state index in [9.17, 15) is 13.2 Å². The largest absolute Gasteiger partial charge is 0.353 e. The second kappa shape index (κ2) is 8.53. The normalized spacial score (nSPS) is 16.8. The van der Waals surface area contributed by atoms with Crippen LogP contribution in [0.25, 0.3) is 0 Å². The van der Waals surface area contributed by atoms with Crippen LogP contribution in [0.2, 0.25) is 0 Å². The number of hydrogen-bond acceptors (Lipinski definition) is 4. The van der Waals surface area contributed by atoms with Crippen molar-refractivity contribution in [3.63, 3.8) is 0 Å². The van der Waals surface area contributed by atoms with Crippen LogP contribution in [0.1, 0.15) is 50.7 Å². The van der Waals surface area contributed by atoms with Crippen LogP contribution < -0.4 is 5.32 Å². The Hall–Kier alpha value is -1.40. The molecule has 1 saturated carbocycles. The van der Waals surface area contributed by atoms with Gasteiger partial charge in [0.2, 0.25) is 5.91 Å². The quantitative estimate of drug-likeness (QED) is 0.753. The van der Waals surface area contributed by atoms with E-state index in [0.29, 0.717) is 29.8 Å². The first-order chi connectivity index (χ1) is 12.3. The third kappa shape index (κ3) is 3.96. The Labute approximate surface area is 158 Å². The lowest BCUT2D eigenvalue weighted by molar-refractivity contribution is -0.123. The predicted molar refractivity (Wildman–Crippen MR) is 105 cm³/mol. The van der Waals surface area contributed by atoms with Crippen LogP contribution in [-0.4, -0.2) is 50.2 Å². The molecule has 0 spiro atoms. The van der Waals surface area contributed by atoms with Crippen LogP contribution >= 0.6 is 0 Å². The molecule has 1 amide bonds. The fourth-order valence-electron chi connectivity index (χ4n) is 3.80. The summed E-state index contributed by atoms with van der Waals surface area (Å²) in [5.74, 6) is -0.330. The van der Waals surface area contributed by atoms with Crippen molar-refractivity contribution in [1.82, 2.24) is 10.2 Å². The molecule has 0 heterocycles. The summed E-state index contributed by atoms with van der Waals surface area (Å²) in [6.45, 7) is 10.9. The summed E-state index contributed by atoms with van der Waals surface area (Å²) in [5, 5.41) is 2.91. The second-order valence-electron chi connectivity index (χ2n) is 7.26. The zero-order chi connectivity index (χ0) is 19.4. The Morgan fingerprint density at radius 1 is 1.15 bits per heavy atom. The summed E-state index contributed by atoms with van der Waals surface area (Å²) in [5.41, 5.74) is 1.60. The highest BCUT2D eigenvalue weighted by molar-refractivity contribution is 7.93. The summed E-state index contributed by atoms with van der Waals surface area (Å²) in [4.78, 5) is 15.5. The highest BCUT2D eigenvalue weighted by atomic mass is 32.2. The van der Waals surface area contributed by atoms with Gasteiger partial charge in [0.05, 0.1) is 4.90 Å². The molecule has 0 unspecified atom stereocenters. The van der Waals surface area contributed by atoms with Gasteiger partial charge in [0, 0.05) is 13.1 Å². The molecule has 2 rings (SSSR count). The molecule has 1 fully saturated rings. The second-order valence-corrected chi connectivity index (χ2v) is 9.48. The minimum absolute atomic E-state index is 0.304. The Morgan fingerprint density at radius 2 is 1.77 bits per heavy atom. The molecule has 0 bridgehead atoms. The third-order valence-electron chi connectivity index (χ3n) is 5.58. The van der Waals surface area contributed by atoms with Crippen molar-refractivity contribution in [2.45, 2.75) is 63.0 Å². The highest BCUT2D eigenvalue weighted by Crippen LogP contribution is 2.41. The molecule has 0 aliphatic heterocycles. The maximum Gasteiger partial charge on any atom is 0.241 e. The SMILES string of the molecule is CCN(CC)CCNC(=O)C1(S(=O)(=O)c2cc(C)ccc2C)CCCC1. The van der Waals surface area contributed by atoms with Gasteiger partial charge in [0.25, 0.3) is 0 Å². The van der Waals surface area contributed by atoms with Crippen LogP contribution in [-0.2, 0) is 14.6 Å². The number of sulfone groups is 1. The van der Waals surface area contributed by atoms with Crippen molar-refractivity contribution in [3.8, 4) is 0 Å². The number of carbonyl (C=O) groups excluding carboxylic acids is 1. The third-order valence-corrected chi connectivity index (χ3v) is 8.22. The number of hydrogen-bond donors (Lipinski definition) is 1. The van der Waals surface area contributed by atoms with Gasteiger partial charge in [-0.15, -0.1) is 0 Å². The van der Waals surface area contributed by atoms with Gasteiger partial charge < -0.3 is 10.2 Å². The van der Waals surface area contributed by atoms with Crippen LogP contribution in [0.5, 0.6) is 0 Å². The molecule has 1 aromatic rings. The van der Waals surface area contributed by atoms with E-state index in [4.69, 9.17) is 0 Å². The zero-order valence-corrected chi connectivity index (χ0v) is 17.3. The number of rotatable bonds is 8. The fraction of sp³-hybridized carbons (Fsp3) is 0.650. The summed E-state index contributed by atoms with van der Waals surface area (Å²) in [6.07, 6.45) is 2.35. The molecule has 0 atom stereocenters. The number of aryl methyl sites for hydroxylation is 2. The van der Waals surface area contributed by atoms with Gasteiger partial charge in [0.1, 0.15) is 0 Å². The first kappa shape index (κ1) is 20.9. The molecular formula is C20H32N2O3S. The van der Waals surface area contributed by atoms with E-state index in [1.165, 1.54) is 0 Å². The van der Waals surface area contributed by atoms with Gasteiger partial charge in [0.15, 0.2) is 14.6 Å². The van der Waals surface area contributed by atoms with E-state index in [0.717, 1.165) is 38.0 Å². The van der Waals surface area contributed by atoms with Gasteiger partial charge in [-0.1, -0.05) is 38.8 Å². The van der Waals surface area contributed by atoms with Crippen molar-refractivity contribution in [2.75, 3.05) is 26.2 Å². The first-order valence-corrected chi connectivity index (χ1v) is 11.1. The van der Waals surface area contributed by atoms with E-state index in [1.807, 2.05) is 19.1 Å². The number of benzene rings is 1. The predicted octanol–water partition coefficient (Wildman–Crippen LogP) is 2.85. The summed E-state index contributed by atoms with van der Waals surface area (Å²) in [6, 6.07) is 5.43. The highest BCUT2D eigenvalue weighted by Gasteiger charge is 2.53. The van der Waals surface area contributed by atoms with Gasteiger partial charge >= 0.3 is 0 Å². The van der Waals surface area contributed by atoms with Crippen molar-refractivity contribution in [3.05, 3.63) is 29.3 Å². The number of amides is 1. The van der Waals surface area contributed by atoms with Crippen molar-refractivity contribution < 1.29 is 13.2 Å².